The molecule has 102 valence electrons. The molecule has 3 N–H and O–H groups in total. The molecule has 0 heterocycles. The second kappa shape index (κ2) is 7.55. The zero-order chi connectivity index (χ0) is 13.5. The molecule has 2 nitrogen and oxygen atoms in total. The van der Waals surface area contributed by atoms with Crippen LogP contribution in [0.15, 0.2) is 24.3 Å². The monoisotopic (exact) mass is 248 g/mol. The molecule has 0 aliphatic carbocycles. The number of hydrogen-bond acceptors (Lipinski definition) is 2. The third kappa shape index (κ3) is 4.43. The maximum absolute atomic E-state index is 5.74. The molecule has 0 spiro atoms. The molecule has 0 radical (unpaired) electrons. The Bertz CT molecular complexity index is 347. The van der Waals surface area contributed by atoms with Crippen molar-refractivity contribution in [2.75, 3.05) is 0 Å². The van der Waals surface area contributed by atoms with E-state index in [2.05, 4.69) is 57.4 Å². The molecule has 2 unspecified atom stereocenters. The lowest BCUT2D eigenvalue weighted by Crippen LogP contribution is -2.32. The molecule has 1 aromatic rings. The topological polar surface area (TPSA) is 38.0 Å². The van der Waals surface area contributed by atoms with Gasteiger partial charge in [0.15, 0.2) is 0 Å². The summed E-state index contributed by atoms with van der Waals surface area (Å²) in [6.07, 6.45) is 3.53. The van der Waals surface area contributed by atoms with Crippen molar-refractivity contribution in [3.8, 4) is 0 Å². The minimum absolute atomic E-state index is 0.261. The lowest BCUT2D eigenvalue weighted by atomic mass is 9.90. The van der Waals surface area contributed by atoms with Crippen molar-refractivity contribution in [3.63, 3.8) is 0 Å². The van der Waals surface area contributed by atoms with Crippen LogP contribution in [0.25, 0.3) is 0 Å². The van der Waals surface area contributed by atoms with E-state index in [0.29, 0.717) is 11.8 Å². The maximum atomic E-state index is 5.74. The summed E-state index contributed by atoms with van der Waals surface area (Å²) in [6.45, 7) is 9.00. The lowest BCUT2D eigenvalue weighted by molar-refractivity contribution is 0.368. The number of rotatable bonds is 7. The Balaban J connectivity index is 2.85. The van der Waals surface area contributed by atoms with E-state index in [9.17, 15) is 0 Å². The van der Waals surface area contributed by atoms with E-state index in [1.165, 1.54) is 24.0 Å². The standard InChI is InChI=1S/C16H28N2/c1-5-7-13(4)16(18-17)15-9-6-8-14(11-15)10-12(2)3/h6,8-9,11-13,16,18H,5,7,10,17H2,1-4H3. The van der Waals surface area contributed by atoms with Crippen LogP contribution >= 0.6 is 0 Å². The van der Waals surface area contributed by atoms with Gasteiger partial charge in [0.2, 0.25) is 0 Å². The van der Waals surface area contributed by atoms with Gasteiger partial charge in [-0.1, -0.05) is 58.4 Å². The molecule has 0 amide bonds. The molecule has 0 bridgehead atoms. The minimum atomic E-state index is 0.261. The number of nitrogens with two attached hydrogens (primary N) is 1. The van der Waals surface area contributed by atoms with Gasteiger partial charge in [-0.05, 0) is 35.8 Å². The molecule has 1 aromatic carbocycles. The molecule has 0 aromatic heterocycles. The van der Waals surface area contributed by atoms with Crippen LogP contribution in [0.4, 0.5) is 0 Å². The van der Waals surface area contributed by atoms with Crippen molar-refractivity contribution >= 4 is 0 Å². The fourth-order valence-electron chi connectivity index (χ4n) is 2.60. The van der Waals surface area contributed by atoms with Gasteiger partial charge in [-0.25, -0.2) is 0 Å². The lowest BCUT2D eigenvalue weighted by Gasteiger charge is -2.24. The molecule has 2 atom stereocenters. The van der Waals surface area contributed by atoms with Crippen LogP contribution in [-0.4, -0.2) is 0 Å². The van der Waals surface area contributed by atoms with Crippen molar-refractivity contribution in [3.05, 3.63) is 35.4 Å². The van der Waals surface area contributed by atoms with E-state index in [1.807, 2.05) is 0 Å². The molecular weight excluding hydrogens is 220 g/mol. The van der Waals surface area contributed by atoms with Crippen LogP contribution in [0, 0.1) is 11.8 Å². The van der Waals surface area contributed by atoms with Gasteiger partial charge in [0.1, 0.15) is 0 Å². The summed E-state index contributed by atoms with van der Waals surface area (Å²) in [5, 5.41) is 0. The summed E-state index contributed by atoms with van der Waals surface area (Å²) in [5.41, 5.74) is 5.71. The average Bonchev–Trinajstić information content (AvgIpc) is 2.30. The highest BCUT2D eigenvalue weighted by Crippen LogP contribution is 2.26. The highest BCUT2D eigenvalue weighted by molar-refractivity contribution is 5.26. The number of nitrogens with one attached hydrogen (secondary N) is 1. The summed E-state index contributed by atoms with van der Waals surface area (Å²) in [5.74, 6) is 6.99. The fraction of sp³-hybridized carbons (Fsp3) is 0.625. The first kappa shape index (κ1) is 15.2. The molecule has 0 saturated carbocycles. The van der Waals surface area contributed by atoms with Crippen LogP contribution in [0.3, 0.4) is 0 Å². The Morgan fingerprint density at radius 3 is 2.50 bits per heavy atom. The van der Waals surface area contributed by atoms with Gasteiger partial charge in [-0.15, -0.1) is 0 Å². The van der Waals surface area contributed by atoms with Crippen LogP contribution in [0.2, 0.25) is 0 Å². The predicted octanol–water partition coefficient (Wildman–Crippen LogP) is 3.83. The van der Waals surface area contributed by atoms with E-state index in [0.717, 1.165) is 6.42 Å². The fourth-order valence-corrected chi connectivity index (χ4v) is 2.60. The van der Waals surface area contributed by atoms with Crippen LogP contribution in [0.1, 0.15) is 57.7 Å². The zero-order valence-corrected chi connectivity index (χ0v) is 12.2. The Morgan fingerprint density at radius 1 is 1.22 bits per heavy atom. The molecule has 1 rings (SSSR count). The van der Waals surface area contributed by atoms with Gasteiger partial charge in [0.05, 0.1) is 0 Å². The summed E-state index contributed by atoms with van der Waals surface area (Å²) in [6, 6.07) is 9.10. The minimum Gasteiger partial charge on any atom is -0.271 e. The van der Waals surface area contributed by atoms with Gasteiger partial charge in [-0.2, -0.15) is 0 Å². The van der Waals surface area contributed by atoms with Gasteiger partial charge in [0.25, 0.3) is 0 Å². The second-order valence-corrected chi connectivity index (χ2v) is 5.75. The molecule has 2 heteroatoms. The first-order valence-corrected chi connectivity index (χ1v) is 7.13. The Morgan fingerprint density at radius 2 is 1.94 bits per heavy atom. The van der Waals surface area contributed by atoms with Crippen LogP contribution < -0.4 is 11.3 Å². The first-order valence-electron chi connectivity index (χ1n) is 7.13. The molecular formula is C16H28N2. The van der Waals surface area contributed by atoms with Crippen molar-refractivity contribution in [1.29, 1.82) is 0 Å². The number of benzene rings is 1. The summed E-state index contributed by atoms with van der Waals surface area (Å²) in [4.78, 5) is 0. The Hall–Kier alpha value is -0.860. The largest absolute Gasteiger partial charge is 0.271 e. The van der Waals surface area contributed by atoms with Crippen molar-refractivity contribution in [2.24, 2.45) is 17.7 Å². The van der Waals surface area contributed by atoms with Gasteiger partial charge in [0, 0.05) is 6.04 Å². The molecule has 0 aliphatic rings. The predicted molar refractivity (Wildman–Crippen MR) is 79.1 cm³/mol. The number of hydrazine groups is 1. The average molecular weight is 248 g/mol. The van der Waals surface area contributed by atoms with Crippen molar-refractivity contribution in [1.82, 2.24) is 5.43 Å². The summed E-state index contributed by atoms with van der Waals surface area (Å²) >= 11 is 0. The Kier molecular flexibility index (Phi) is 6.37. The normalized spacial score (nSPS) is 14.8. The highest BCUT2D eigenvalue weighted by atomic mass is 15.2. The third-order valence-corrected chi connectivity index (χ3v) is 3.45. The van der Waals surface area contributed by atoms with Gasteiger partial charge in [-0.3, -0.25) is 11.3 Å². The molecule has 18 heavy (non-hydrogen) atoms. The third-order valence-electron chi connectivity index (χ3n) is 3.45. The van der Waals surface area contributed by atoms with Gasteiger partial charge >= 0.3 is 0 Å². The Labute approximate surface area is 112 Å². The zero-order valence-electron chi connectivity index (χ0n) is 12.2. The van der Waals surface area contributed by atoms with Crippen molar-refractivity contribution < 1.29 is 0 Å². The van der Waals surface area contributed by atoms with Crippen LogP contribution in [-0.2, 0) is 6.42 Å². The van der Waals surface area contributed by atoms with Gasteiger partial charge < -0.3 is 0 Å². The SMILES string of the molecule is CCCC(C)C(NN)c1cccc(CC(C)C)c1. The molecule has 0 saturated heterocycles. The highest BCUT2D eigenvalue weighted by Gasteiger charge is 2.17. The maximum Gasteiger partial charge on any atom is 0.0485 e. The van der Waals surface area contributed by atoms with Crippen LogP contribution in [0.5, 0.6) is 0 Å². The van der Waals surface area contributed by atoms with E-state index in [-0.39, 0.29) is 6.04 Å². The van der Waals surface area contributed by atoms with E-state index in [1.54, 1.807) is 0 Å². The van der Waals surface area contributed by atoms with E-state index < -0.39 is 0 Å². The first-order chi connectivity index (χ1) is 8.58. The van der Waals surface area contributed by atoms with E-state index >= 15 is 0 Å². The molecule has 0 fully saturated rings. The smallest absolute Gasteiger partial charge is 0.0485 e. The number of hydrogen-bond donors (Lipinski definition) is 2. The van der Waals surface area contributed by atoms with E-state index in [4.69, 9.17) is 5.84 Å². The summed E-state index contributed by atoms with van der Waals surface area (Å²) in [7, 11) is 0. The molecule has 0 aliphatic heterocycles. The summed E-state index contributed by atoms with van der Waals surface area (Å²) < 4.78 is 0. The second-order valence-electron chi connectivity index (χ2n) is 5.75. The van der Waals surface area contributed by atoms with Crippen molar-refractivity contribution in [2.45, 2.75) is 53.0 Å². The quantitative estimate of drug-likeness (QED) is 0.568.